The molecule has 140 valence electrons. The molecule has 1 aliphatic rings. The first-order valence-corrected chi connectivity index (χ1v) is 9.65. The third-order valence-corrected chi connectivity index (χ3v) is 5.26. The molecule has 2 aromatic heterocycles. The fourth-order valence-electron chi connectivity index (χ4n) is 3.65. The van der Waals surface area contributed by atoms with Crippen LogP contribution in [0.5, 0.6) is 0 Å². The van der Waals surface area contributed by atoms with E-state index in [2.05, 4.69) is 33.3 Å². The van der Waals surface area contributed by atoms with Gasteiger partial charge in [0, 0.05) is 43.4 Å². The molecule has 4 rings (SSSR count). The molecule has 0 unspecified atom stereocenters. The normalized spacial score (nSPS) is 15.2. The van der Waals surface area contributed by atoms with E-state index in [0.717, 1.165) is 55.1 Å². The second-order valence-corrected chi connectivity index (χ2v) is 7.03. The maximum absolute atomic E-state index is 12.5. The van der Waals surface area contributed by atoms with Gasteiger partial charge < -0.3 is 10.2 Å². The maximum Gasteiger partial charge on any atom is 0.223 e. The number of amides is 1. The lowest BCUT2D eigenvalue weighted by Gasteiger charge is -2.33. The first-order chi connectivity index (χ1) is 13.2. The van der Waals surface area contributed by atoms with Crippen LogP contribution in [0.25, 0.3) is 5.65 Å². The number of aryl methyl sites for hydroxylation is 1. The molecule has 0 saturated carbocycles. The minimum Gasteiger partial charge on any atom is -0.356 e. The van der Waals surface area contributed by atoms with Gasteiger partial charge in [0.1, 0.15) is 5.82 Å². The number of rotatable bonds is 5. The van der Waals surface area contributed by atoms with Crippen molar-refractivity contribution in [3.05, 3.63) is 59.9 Å². The van der Waals surface area contributed by atoms with Gasteiger partial charge in [-0.15, -0.1) is 0 Å². The van der Waals surface area contributed by atoms with E-state index in [-0.39, 0.29) is 11.8 Å². The van der Waals surface area contributed by atoms with E-state index in [0.29, 0.717) is 6.54 Å². The number of nitrogens with one attached hydrogen (secondary N) is 1. The summed E-state index contributed by atoms with van der Waals surface area (Å²) in [6.07, 6.45) is 4.39. The zero-order chi connectivity index (χ0) is 18.6. The molecule has 1 amide bonds. The monoisotopic (exact) mass is 363 g/mol. The zero-order valence-electron chi connectivity index (χ0n) is 15.6. The van der Waals surface area contributed by atoms with Gasteiger partial charge in [-0.3, -0.25) is 4.79 Å². The van der Waals surface area contributed by atoms with Crippen molar-refractivity contribution in [2.75, 3.05) is 18.0 Å². The van der Waals surface area contributed by atoms with Crippen LogP contribution in [0.1, 0.15) is 31.0 Å². The second kappa shape index (κ2) is 7.78. The summed E-state index contributed by atoms with van der Waals surface area (Å²) in [6.45, 7) is 4.41. The number of hydrogen-bond donors (Lipinski definition) is 1. The number of carbonyl (C=O) groups excluding carboxylic acids is 1. The number of anilines is 1. The van der Waals surface area contributed by atoms with Gasteiger partial charge in [-0.1, -0.05) is 37.3 Å². The van der Waals surface area contributed by atoms with Crippen molar-refractivity contribution in [1.29, 1.82) is 0 Å². The van der Waals surface area contributed by atoms with E-state index in [9.17, 15) is 4.79 Å². The van der Waals surface area contributed by atoms with Gasteiger partial charge in [-0.2, -0.15) is 9.61 Å². The Hall–Kier alpha value is -2.89. The van der Waals surface area contributed by atoms with Gasteiger partial charge in [-0.05, 0) is 24.8 Å². The summed E-state index contributed by atoms with van der Waals surface area (Å²) in [6, 6.07) is 14.1. The van der Waals surface area contributed by atoms with E-state index in [1.165, 1.54) is 0 Å². The summed E-state index contributed by atoms with van der Waals surface area (Å²) in [5, 5.41) is 7.50. The maximum atomic E-state index is 12.5. The van der Waals surface area contributed by atoms with Crippen LogP contribution in [-0.4, -0.2) is 33.6 Å². The fourth-order valence-corrected chi connectivity index (χ4v) is 3.65. The van der Waals surface area contributed by atoms with Gasteiger partial charge in [0.15, 0.2) is 5.65 Å². The summed E-state index contributed by atoms with van der Waals surface area (Å²) >= 11 is 0. The average Bonchev–Trinajstić information content (AvgIpc) is 3.21. The molecule has 1 aliphatic heterocycles. The van der Waals surface area contributed by atoms with Crippen LogP contribution in [0.3, 0.4) is 0 Å². The van der Waals surface area contributed by atoms with Gasteiger partial charge >= 0.3 is 0 Å². The molecule has 3 heterocycles. The molecule has 1 N–H and O–H groups in total. The molecule has 6 heteroatoms. The van der Waals surface area contributed by atoms with Gasteiger partial charge in [0.05, 0.1) is 6.20 Å². The van der Waals surface area contributed by atoms with Crippen LogP contribution in [0.2, 0.25) is 0 Å². The summed E-state index contributed by atoms with van der Waals surface area (Å²) in [7, 11) is 0. The van der Waals surface area contributed by atoms with Crippen LogP contribution < -0.4 is 10.2 Å². The number of carbonyl (C=O) groups is 1. The second-order valence-electron chi connectivity index (χ2n) is 7.03. The minimum atomic E-state index is 0.0746. The van der Waals surface area contributed by atoms with Crippen LogP contribution >= 0.6 is 0 Å². The third-order valence-electron chi connectivity index (χ3n) is 5.26. The van der Waals surface area contributed by atoms with Gasteiger partial charge in [-0.25, -0.2) is 4.98 Å². The molecule has 3 aromatic rings. The topological polar surface area (TPSA) is 62.5 Å². The smallest absolute Gasteiger partial charge is 0.223 e. The number of hydrogen-bond acceptors (Lipinski definition) is 4. The Labute approximate surface area is 159 Å². The Morgan fingerprint density at radius 3 is 2.70 bits per heavy atom. The zero-order valence-corrected chi connectivity index (χ0v) is 15.6. The number of benzene rings is 1. The van der Waals surface area contributed by atoms with Crippen molar-refractivity contribution in [3.8, 4) is 0 Å². The highest BCUT2D eigenvalue weighted by molar-refractivity contribution is 5.79. The third kappa shape index (κ3) is 3.79. The number of aromatic nitrogens is 3. The quantitative estimate of drug-likeness (QED) is 0.757. The molecule has 0 spiro atoms. The van der Waals surface area contributed by atoms with Crippen LogP contribution in [-0.2, 0) is 17.8 Å². The molecular formula is C21H25N5O. The molecule has 0 bridgehead atoms. The van der Waals surface area contributed by atoms with E-state index >= 15 is 0 Å². The van der Waals surface area contributed by atoms with Crippen molar-refractivity contribution in [1.82, 2.24) is 19.9 Å². The lowest BCUT2D eigenvalue weighted by Crippen LogP contribution is -2.41. The molecule has 1 fully saturated rings. The first kappa shape index (κ1) is 17.5. The number of nitrogens with zero attached hydrogens (tertiary/aromatic N) is 4. The Morgan fingerprint density at radius 1 is 1.19 bits per heavy atom. The Bertz CT molecular complexity index is 913. The van der Waals surface area contributed by atoms with Gasteiger partial charge in [0.2, 0.25) is 5.91 Å². The summed E-state index contributed by atoms with van der Waals surface area (Å²) < 4.78 is 1.90. The SMILES string of the molecule is CCc1cc(N2CCC(C(=O)NCc3ccccc3)CC2)n2nccc2n1. The Kier molecular flexibility index (Phi) is 5.05. The van der Waals surface area contributed by atoms with Crippen LogP contribution in [0.15, 0.2) is 48.7 Å². The molecular weight excluding hydrogens is 338 g/mol. The van der Waals surface area contributed by atoms with Crippen molar-refractivity contribution >= 4 is 17.4 Å². The molecule has 1 saturated heterocycles. The van der Waals surface area contributed by atoms with Crippen molar-refractivity contribution in [2.24, 2.45) is 5.92 Å². The van der Waals surface area contributed by atoms with E-state index in [1.54, 1.807) is 6.20 Å². The minimum absolute atomic E-state index is 0.0746. The van der Waals surface area contributed by atoms with E-state index in [4.69, 9.17) is 0 Å². The average molecular weight is 363 g/mol. The van der Waals surface area contributed by atoms with Crippen molar-refractivity contribution in [3.63, 3.8) is 0 Å². The molecule has 0 aliphatic carbocycles. The Balaban J connectivity index is 1.39. The highest BCUT2D eigenvalue weighted by Gasteiger charge is 2.26. The van der Waals surface area contributed by atoms with E-state index < -0.39 is 0 Å². The van der Waals surface area contributed by atoms with Crippen molar-refractivity contribution in [2.45, 2.75) is 32.7 Å². The van der Waals surface area contributed by atoms with E-state index in [1.807, 2.05) is 40.9 Å². The number of piperidine rings is 1. The van der Waals surface area contributed by atoms with Crippen LogP contribution in [0.4, 0.5) is 5.82 Å². The highest BCUT2D eigenvalue weighted by Crippen LogP contribution is 2.24. The predicted molar refractivity (Wildman–Crippen MR) is 106 cm³/mol. The lowest BCUT2D eigenvalue weighted by molar-refractivity contribution is -0.125. The summed E-state index contributed by atoms with van der Waals surface area (Å²) in [4.78, 5) is 19.5. The molecule has 0 radical (unpaired) electrons. The van der Waals surface area contributed by atoms with Gasteiger partial charge in [0.25, 0.3) is 0 Å². The highest BCUT2D eigenvalue weighted by atomic mass is 16.1. The standard InChI is InChI=1S/C21H25N5O/c1-2-18-14-20(26-19(24-18)8-11-23-26)25-12-9-17(10-13-25)21(27)22-15-16-6-4-3-5-7-16/h3-8,11,14,17H,2,9-10,12-13,15H2,1H3,(H,22,27). The van der Waals surface area contributed by atoms with Crippen LogP contribution in [0, 0.1) is 5.92 Å². The molecule has 27 heavy (non-hydrogen) atoms. The fraction of sp³-hybridized carbons (Fsp3) is 0.381. The summed E-state index contributed by atoms with van der Waals surface area (Å²) in [5.74, 6) is 1.31. The largest absolute Gasteiger partial charge is 0.356 e. The molecule has 1 aromatic carbocycles. The lowest BCUT2D eigenvalue weighted by atomic mass is 9.95. The predicted octanol–water partition coefficient (Wildman–Crippen LogP) is 2.82. The Morgan fingerprint density at radius 2 is 1.96 bits per heavy atom. The summed E-state index contributed by atoms with van der Waals surface area (Å²) in [5.41, 5.74) is 3.08. The molecule has 6 nitrogen and oxygen atoms in total. The van der Waals surface area contributed by atoms with Crippen molar-refractivity contribution < 1.29 is 4.79 Å². The molecule has 0 atom stereocenters. The number of fused-ring (bicyclic) bond motifs is 1. The first-order valence-electron chi connectivity index (χ1n) is 9.65.